The topological polar surface area (TPSA) is 76.5 Å². The number of thiophene rings is 1. The monoisotopic (exact) mass is 408 g/mol. The van der Waals surface area contributed by atoms with Gasteiger partial charge in [0.15, 0.2) is 0 Å². The van der Waals surface area contributed by atoms with Crippen molar-refractivity contribution in [2.75, 3.05) is 18.2 Å². The lowest BCUT2D eigenvalue weighted by Gasteiger charge is -2.43. The molecule has 1 aromatic heterocycles. The summed E-state index contributed by atoms with van der Waals surface area (Å²) in [6.07, 6.45) is 4.00. The highest BCUT2D eigenvalue weighted by atomic mass is 35.5. The molecule has 3 heterocycles. The van der Waals surface area contributed by atoms with E-state index < -0.39 is 5.82 Å². The zero-order valence-electron chi connectivity index (χ0n) is 14.8. The molecule has 8 heteroatoms. The first-order chi connectivity index (χ1) is 13.0. The molecule has 0 saturated carbocycles. The van der Waals surface area contributed by atoms with E-state index >= 15 is 0 Å². The summed E-state index contributed by atoms with van der Waals surface area (Å²) in [6, 6.07) is 8.25. The molecule has 4 rings (SSSR count). The number of hydrazine groups is 1. The maximum Gasteiger partial charge on any atom is 0.148 e. The third kappa shape index (κ3) is 3.58. The highest BCUT2D eigenvalue weighted by molar-refractivity contribution is 7.16. The third-order valence-corrected chi connectivity index (χ3v) is 6.71. The van der Waals surface area contributed by atoms with Gasteiger partial charge >= 0.3 is 0 Å². The van der Waals surface area contributed by atoms with Crippen molar-refractivity contribution in [3.63, 3.8) is 0 Å². The van der Waals surface area contributed by atoms with Crippen LogP contribution in [0.5, 0.6) is 0 Å². The SMILES string of the molecule is N/C(=C\N(N)c1ccccc1F)[C@@H]1CC2(CCN1)OCCc1cc(Cl)sc12. The van der Waals surface area contributed by atoms with E-state index in [1.54, 1.807) is 35.7 Å². The van der Waals surface area contributed by atoms with Crippen molar-refractivity contribution in [1.29, 1.82) is 0 Å². The Kier molecular flexibility index (Phi) is 5.13. The van der Waals surface area contributed by atoms with E-state index in [0.717, 1.165) is 23.7 Å². The van der Waals surface area contributed by atoms with Crippen LogP contribution in [0.15, 0.2) is 42.2 Å². The van der Waals surface area contributed by atoms with Gasteiger partial charge in [-0.2, -0.15) is 0 Å². The van der Waals surface area contributed by atoms with Crippen molar-refractivity contribution >= 4 is 28.6 Å². The van der Waals surface area contributed by atoms with E-state index in [9.17, 15) is 4.39 Å². The standard InChI is InChI=1S/C19H22ClFN4OS/c20-17-9-12-5-8-26-19(18(12)27-17)6-7-24-15(10-19)14(22)11-25(23)16-4-2-1-3-13(16)21/h1-4,9,11,15,24H,5-8,10,22-23H2/b14-11-/t15-,19?/m0/s1. The van der Waals surface area contributed by atoms with E-state index in [2.05, 4.69) is 5.32 Å². The van der Waals surface area contributed by atoms with Crippen LogP contribution in [0.4, 0.5) is 10.1 Å². The lowest BCUT2D eigenvalue weighted by molar-refractivity contribution is -0.0836. The molecule has 0 amide bonds. The van der Waals surface area contributed by atoms with Crippen LogP contribution in [0, 0.1) is 5.82 Å². The number of halogens is 2. The lowest BCUT2D eigenvalue weighted by atomic mass is 9.82. The van der Waals surface area contributed by atoms with Crippen molar-refractivity contribution in [1.82, 2.24) is 5.32 Å². The van der Waals surface area contributed by atoms with Crippen LogP contribution in [0.2, 0.25) is 4.34 Å². The third-order valence-electron chi connectivity index (χ3n) is 5.22. The second-order valence-corrected chi connectivity index (χ2v) is 8.63. The molecule has 27 heavy (non-hydrogen) atoms. The van der Waals surface area contributed by atoms with Gasteiger partial charge in [-0.3, -0.25) is 5.01 Å². The van der Waals surface area contributed by atoms with E-state index in [1.165, 1.54) is 21.5 Å². The van der Waals surface area contributed by atoms with Gasteiger partial charge in [0.25, 0.3) is 0 Å². The van der Waals surface area contributed by atoms with Crippen LogP contribution in [0.3, 0.4) is 0 Å². The molecule has 1 aromatic carbocycles. The fourth-order valence-electron chi connectivity index (χ4n) is 3.89. The normalized spacial score (nSPS) is 25.4. The van der Waals surface area contributed by atoms with Crippen molar-refractivity contribution in [3.05, 3.63) is 62.8 Å². The van der Waals surface area contributed by atoms with Crippen LogP contribution >= 0.6 is 22.9 Å². The predicted molar refractivity (Wildman–Crippen MR) is 107 cm³/mol. The summed E-state index contributed by atoms with van der Waals surface area (Å²) < 4.78 is 21.0. The summed E-state index contributed by atoms with van der Waals surface area (Å²) in [5.74, 6) is 5.62. The molecule has 0 radical (unpaired) electrons. The molecule has 5 nitrogen and oxygen atoms in total. The number of fused-ring (bicyclic) bond motifs is 2. The largest absolute Gasteiger partial charge is 0.400 e. The quantitative estimate of drug-likeness (QED) is 0.537. The molecule has 5 N–H and O–H groups in total. The van der Waals surface area contributed by atoms with Crippen LogP contribution in [0.1, 0.15) is 23.3 Å². The summed E-state index contributed by atoms with van der Waals surface area (Å²) >= 11 is 7.85. The molecule has 2 aliphatic heterocycles. The zero-order valence-corrected chi connectivity index (χ0v) is 16.3. The zero-order chi connectivity index (χ0) is 19.0. The first-order valence-electron chi connectivity index (χ1n) is 8.90. The second-order valence-electron chi connectivity index (χ2n) is 6.95. The maximum atomic E-state index is 13.9. The minimum Gasteiger partial charge on any atom is -0.400 e. The molecule has 1 spiro atoms. The Bertz CT molecular complexity index is 873. The van der Waals surface area contributed by atoms with Gasteiger partial charge in [0.1, 0.15) is 11.4 Å². The number of benzene rings is 1. The van der Waals surface area contributed by atoms with Gasteiger partial charge in [-0.15, -0.1) is 11.3 Å². The Labute approximate surface area is 166 Å². The summed E-state index contributed by atoms with van der Waals surface area (Å²) in [4.78, 5) is 1.21. The van der Waals surface area contributed by atoms with Gasteiger partial charge in [-0.05, 0) is 43.1 Å². The summed E-state index contributed by atoms with van der Waals surface area (Å²) in [5.41, 5.74) is 8.03. The molecule has 1 saturated heterocycles. The molecule has 2 aromatic rings. The maximum absolute atomic E-state index is 13.9. The molecule has 1 unspecified atom stereocenters. The van der Waals surface area contributed by atoms with Crippen LogP contribution in [0.25, 0.3) is 0 Å². The molecule has 2 aliphatic rings. The highest BCUT2D eigenvalue weighted by Gasteiger charge is 2.44. The van der Waals surface area contributed by atoms with Crippen LogP contribution in [-0.2, 0) is 16.8 Å². The molecule has 144 valence electrons. The molecular formula is C19H22ClFN4OS. The number of rotatable bonds is 3. The first-order valence-corrected chi connectivity index (χ1v) is 10.1. The predicted octanol–water partition coefficient (Wildman–Crippen LogP) is 3.24. The fraction of sp³-hybridized carbons (Fsp3) is 0.368. The highest BCUT2D eigenvalue weighted by Crippen LogP contribution is 2.47. The number of piperidine rings is 1. The molecule has 1 fully saturated rings. The molecular weight excluding hydrogens is 387 g/mol. The van der Waals surface area contributed by atoms with E-state index in [1.807, 2.05) is 6.07 Å². The van der Waals surface area contributed by atoms with E-state index in [-0.39, 0.29) is 17.3 Å². The number of nitrogens with zero attached hydrogens (tertiary/aromatic N) is 1. The van der Waals surface area contributed by atoms with E-state index in [4.69, 9.17) is 27.9 Å². The van der Waals surface area contributed by atoms with E-state index in [0.29, 0.717) is 18.7 Å². The number of nitrogens with two attached hydrogens (primary N) is 2. The number of para-hydroxylation sites is 1. The Morgan fingerprint density at radius 3 is 3.07 bits per heavy atom. The van der Waals surface area contributed by atoms with Crippen molar-refractivity contribution < 1.29 is 9.13 Å². The van der Waals surface area contributed by atoms with Crippen molar-refractivity contribution in [2.24, 2.45) is 11.6 Å². The summed E-state index contributed by atoms with van der Waals surface area (Å²) in [6.45, 7) is 1.44. The van der Waals surface area contributed by atoms with Gasteiger partial charge in [0.2, 0.25) is 0 Å². The minimum atomic E-state index is -0.398. The van der Waals surface area contributed by atoms with Crippen molar-refractivity contribution in [2.45, 2.75) is 30.9 Å². The summed E-state index contributed by atoms with van der Waals surface area (Å²) in [5, 5.41) is 4.65. The average molecular weight is 409 g/mol. The number of anilines is 1. The number of hydrogen-bond acceptors (Lipinski definition) is 6. The molecule has 0 bridgehead atoms. The fourth-order valence-corrected chi connectivity index (χ4v) is 5.38. The number of hydrogen-bond donors (Lipinski definition) is 3. The Morgan fingerprint density at radius 2 is 2.26 bits per heavy atom. The molecule has 2 atom stereocenters. The lowest BCUT2D eigenvalue weighted by Crippen LogP contribution is -2.51. The van der Waals surface area contributed by atoms with Gasteiger partial charge in [-0.25, -0.2) is 10.2 Å². The van der Waals surface area contributed by atoms with Gasteiger partial charge < -0.3 is 15.8 Å². The van der Waals surface area contributed by atoms with Gasteiger partial charge in [0.05, 0.1) is 22.7 Å². The average Bonchev–Trinajstić information content (AvgIpc) is 3.04. The number of ether oxygens (including phenoxy) is 1. The van der Waals surface area contributed by atoms with Gasteiger partial charge in [0, 0.05) is 23.2 Å². The van der Waals surface area contributed by atoms with Crippen LogP contribution < -0.4 is 21.9 Å². The molecule has 0 aliphatic carbocycles. The van der Waals surface area contributed by atoms with Crippen LogP contribution in [-0.4, -0.2) is 19.2 Å². The Hall–Kier alpha value is -1.64. The second kappa shape index (κ2) is 7.41. The first kappa shape index (κ1) is 18.7. The van der Waals surface area contributed by atoms with Crippen molar-refractivity contribution in [3.8, 4) is 0 Å². The van der Waals surface area contributed by atoms with Gasteiger partial charge in [-0.1, -0.05) is 23.7 Å². The smallest absolute Gasteiger partial charge is 0.148 e. The minimum absolute atomic E-state index is 0.122. The summed E-state index contributed by atoms with van der Waals surface area (Å²) in [7, 11) is 0. The Balaban J connectivity index is 1.57. The Morgan fingerprint density at radius 1 is 1.44 bits per heavy atom. The number of nitrogens with one attached hydrogen (secondary N) is 1.